The summed E-state index contributed by atoms with van der Waals surface area (Å²) in [4.78, 5) is 0. The molecule has 1 aromatic carbocycles. The van der Waals surface area contributed by atoms with E-state index in [-0.39, 0.29) is 5.75 Å². The largest absolute Gasteiger partial charge is 0.504 e. The highest BCUT2D eigenvalue weighted by Crippen LogP contribution is 2.25. The molecule has 0 spiro atoms. The molecular formula is C13H17NO2. The number of methoxy groups -OCH3 is 1. The first-order valence-electron chi connectivity index (χ1n) is 5.24. The lowest BCUT2D eigenvalue weighted by Gasteiger charge is -2.06. The summed E-state index contributed by atoms with van der Waals surface area (Å²) in [7, 11) is 1.54. The van der Waals surface area contributed by atoms with E-state index in [2.05, 4.69) is 17.2 Å². The molecule has 3 heteroatoms. The maximum Gasteiger partial charge on any atom is 0.160 e. The summed E-state index contributed by atoms with van der Waals surface area (Å²) < 4.78 is 4.97. The third-order valence-electron chi connectivity index (χ3n) is 2.18. The van der Waals surface area contributed by atoms with E-state index >= 15 is 0 Å². The molecule has 0 fully saturated rings. The predicted octanol–water partition coefficient (Wildman–Crippen LogP) is 1.90. The number of phenols is 1. The molecule has 0 heterocycles. The van der Waals surface area contributed by atoms with Crippen molar-refractivity contribution in [2.75, 3.05) is 13.7 Å². The number of hydrogen-bond acceptors (Lipinski definition) is 3. The second-order valence-electron chi connectivity index (χ2n) is 3.36. The van der Waals surface area contributed by atoms with E-state index in [0.29, 0.717) is 5.75 Å². The molecule has 1 aromatic rings. The number of phenolic OH excluding ortho intramolecular Hbond substituents is 1. The van der Waals surface area contributed by atoms with Gasteiger partial charge in [-0.05, 0) is 24.6 Å². The molecule has 0 bridgehead atoms. The third kappa shape index (κ3) is 3.84. The van der Waals surface area contributed by atoms with Gasteiger partial charge in [0, 0.05) is 19.5 Å². The Morgan fingerprint density at radius 3 is 2.88 bits per heavy atom. The van der Waals surface area contributed by atoms with Crippen LogP contribution in [0.3, 0.4) is 0 Å². The Bertz CT molecular complexity index is 391. The number of hydrogen-bond donors (Lipinski definition) is 2. The number of rotatable bonds is 5. The lowest BCUT2D eigenvalue weighted by molar-refractivity contribution is 0.373. The summed E-state index contributed by atoms with van der Waals surface area (Å²) in [5, 5.41) is 12.8. The highest BCUT2D eigenvalue weighted by atomic mass is 16.5. The van der Waals surface area contributed by atoms with Crippen molar-refractivity contribution in [1.29, 1.82) is 0 Å². The van der Waals surface area contributed by atoms with Crippen molar-refractivity contribution in [3.8, 4) is 23.3 Å². The van der Waals surface area contributed by atoms with E-state index in [4.69, 9.17) is 4.74 Å². The number of benzene rings is 1. The van der Waals surface area contributed by atoms with Gasteiger partial charge >= 0.3 is 0 Å². The smallest absolute Gasteiger partial charge is 0.160 e. The predicted molar refractivity (Wildman–Crippen MR) is 64.4 cm³/mol. The lowest BCUT2D eigenvalue weighted by atomic mass is 10.2. The maximum atomic E-state index is 9.56. The molecule has 86 valence electrons. The van der Waals surface area contributed by atoms with Gasteiger partial charge in [-0.1, -0.05) is 6.07 Å². The Labute approximate surface area is 96.4 Å². The van der Waals surface area contributed by atoms with Crippen LogP contribution >= 0.6 is 0 Å². The molecule has 0 saturated heterocycles. The Hall–Kier alpha value is -1.66. The zero-order valence-electron chi connectivity index (χ0n) is 9.71. The van der Waals surface area contributed by atoms with Crippen LogP contribution in [-0.2, 0) is 6.54 Å². The molecule has 0 radical (unpaired) electrons. The molecule has 16 heavy (non-hydrogen) atoms. The fraction of sp³-hybridized carbons (Fsp3) is 0.385. The Morgan fingerprint density at radius 2 is 2.25 bits per heavy atom. The van der Waals surface area contributed by atoms with Crippen LogP contribution in [0.2, 0.25) is 0 Å². The Morgan fingerprint density at radius 1 is 1.44 bits per heavy atom. The van der Waals surface area contributed by atoms with Crippen molar-refractivity contribution >= 4 is 0 Å². The van der Waals surface area contributed by atoms with Gasteiger partial charge in [0.05, 0.1) is 7.11 Å². The van der Waals surface area contributed by atoms with Gasteiger partial charge in [0.25, 0.3) is 0 Å². The van der Waals surface area contributed by atoms with Crippen molar-refractivity contribution in [2.24, 2.45) is 0 Å². The van der Waals surface area contributed by atoms with Gasteiger partial charge in [0.1, 0.15) is 0 Å². The standard InChI is InChI=1S/C13H17NO2/c1-3-4-5-8-14-10-11-6-7-13(16-2)12(15)9-11/h6-7,9,14-15H,5,8,10H2,1-2H3. The van der Waals surface area contributed by atoms with Gasteiger partial charge in [0.2, 0.25) is 0 Å². The average molecular weight is 219 g/mol. The van der Waals surface area contributed by atoms with Gasteiger partial charge in [-0.3, -0.25) is 0 Å². The molecule has 3 nitrogen and oxygen atoms in total. The molecule has 0 aliphatic heterocycles. The van der Waals surface area contributed by atoms with Crippen molar-refractivity contribution in [2.45, 2.75) is 19.9 Å². The monoisotopic (exact) mass is 219 g/mol. The highest BCUT2D eigenvalue weighted by Gasteiger charge is 2.01. The van der Waals surface area contributed by atoms with E-state index < -0.39 is 0 Å². The summed E-state index contributed by atoms with van der Waals surface area (Å²) in [6.07, 6.45) is 0.846. The number of ether oxygens (including phenoxy) is 1. The third-order valence-corrected chi connectivity index (χ3v) is 2.18. The molecule has 1 rings (SSSR count). The van der Waals surface area contributed by atoms with Crippen LogP contribution in [0.5, 0.6) is 11.5 Å². The summed E-state index contributed by atoms with van der Waals surface area (Å²) in [6, 6.07) is 5.40. The van der Waals surface area contributed by atoms with E-state index in [1.807, 2.05) is 13.0 Å². The molecule has 0 aliphatic rings. The van der Waals surface area contributed by atoms with Gasteiger partial charge in [-0.15, -0.1) is 11.8 Å². The first-order valence-corrected chi connectivity index (χ1v) is 5.24. The van der Waals surface area contributed by atoms with Crippen molar-refractivity contribution < 1.29 is 9.84 Å². The summed E-state index contributed by atoms with van der Waals surface area (Å²) >= 11 is 0. The minimum Gasteiger partial charge on any atom is -0.504 e. The molecule has 0 atom stereocenters. The van der Waals surface area contributed by atoms with Crippen molar-refractivity contribution in [1.82, 2.24) is 5.32 Å². The molecule has 0 unspecified atom stereocenters. The zero-order chi connectivity index (χ0) is 11.8. The summed E-state index contributed by atoms with van der Waals surface area (Å²) in [5.41, 5.74) is 1.03. The fourth-order valence-corrected chi connectivity index (χ4v) is 1.35. The average Bonchev–Trinajstić information content (AvgIpc) is 2.29. The lowest BCUT2D eigenvalue weighted by Crippen LogP contribution is -2.14. The minimum atomic E-state index is 0.176. The maximum absolute atomic E-state index is 9.56. The summed E-state index contributed by atoms with van der Waals surface area (Å²) in [6.45, 7) is 3.41. The number of nitrogens with one attached hydrogen (secondary N) is 1. The minimum absolute atomic E-state index is 0.176. The molecule has 2 N–H and O–H groups in total. The van der Waals surface area contributed by atoms with Crippen molar-refractivity contribution in [3.63, 3.8) is 0 Å². The van der Waals surface area contributed by atoms with Gasteiger partial charge in [-0.2, -0.15) is 0 Å². The molecule has 0 saturated carbocycles. The first kappa shape index (κ1) is 12.4. The quantitative estimate of drug-likeness (QED) is 0.587. The molecular weight excluding hydrogens is 202 g/mol. The van der Waals surface area contributed by atoms with Gasteiger partial charge < -0.3 is 15.2 Å². The van der Waals surface area contributed by atoms with Crippen LogP contribution in [0, 0.1) is 11.8 Å². The SMILES string of the molecule is CC#CCCNCc1ccc(OC)c(O)c1. The van der Waals surface area contributed by atoms with Crippen LogP contribution in [-0.4, -0.2) is 18.8 Å². The van der Waals surface area contributed by atoms with Crippen molar-refractivity contribution in [3.05, 3.63) is 23.8 Å². The van der Waals surface area contributed by atoms with Crippen LogP contribution < -0.4 is 10.1 Å². The zero-order valence-corrected chi connectivity index (χ0v) is 9.71. The van der Waals surface area contributed by atoms with Gasteiger partial charge in [0.15, 0.2) is 11.5 Å². The van der Waals surface area contributed by atoms with E-state index in [9.17, 15) is 5.11 Å². The van der Waals surface area contributed by atoms with E-state index in [1.165, 1.54) is 7.11 Å². The summed E-state index contributed by atoms with van der Waals surface area (Å²) in [5.74, 6) is 6.50. The van der Waals surface area contributed by atoms with Crippen LogP contribution in [0.25, 0.3) is 0 Å². The van der Waals surface area contributed by atoms with E-state index in [0.717, 1.165) is 25.1 Å². The molecule has 0 aromatic heterocycles. The normalized spacial score (nSPS) is 9.38. The Kier molecular flexibility index (Phi) is 5.24. The molecule has 0 amide bonds. The van der Waals surface area contributed by atoms with Crippen LogP contribution in [0.4, 0.5) is 0 Å². The number of aromatic hydroxyl groups is 1. The highest BCUT2D eigenvalue weighted by molar-refractivity contribution is 5.41. The van der Waals surface area contributed by atoms with Crippen LogP contribution in [0.1, 0.15) is 18.9 Å². The van der Waals surface area contributed by atoms with Crippen LogP contribution in [0.15, 0.2) is 18.2 Å². The van der Waals surface area contributed by atoms with E-state index in [1.54, 1.807) is 12.1 Å². The topological polar surface area (TPSA) is 41.5 Å². The first-order chi connectivity index (χ1) is 7.77. The second kappa shape index (κ2) is 6.76. The van der Waals surface area contributed by atoms with Gasteiger partial charge in [-0.25, -0.2) is 0 Å². The fourth-order valence-electron chi connectivity index (χ4n) is 1.35. The molecule has 0 aliphatic carbocycles. The second-order valence-corrected chi connectivity index (χ2v) is 3.36. The Balaban J connectivity index is 2.42.